The number of nitrogens with zero attached hydrogens (tertiary/aromatic N) is 3. The van der Waals surface area contributed by atoms with E-state index in [1.165, 1.54) is 0 Å². The Labute approximate surface area is 64.0 Å². The highest BCUT2D eigenvalue weighted by molar-refractivity contribution is 5.68. The standard InChI is InChI=1S/C6H9N3O2/c1-9(2)3-6-7-5(4-10)8-11-6/h4H,3H2,1-2H3. The SMILES string of the molecule is CN(C)Cc1nc(C=O)no1. The molecule has 0 aliphatic heterocycles. The highest BCUT2D eigenvalue weighted by Gasteiger charge is 2.04. The topological polar surface area (TPSA) is 59.2 Å². The Morgan fingerprint density at radius 3 is 2.82 bits per heavy atom. The molecule has 0 unspecified atom stereocenters. The smallest absolute Gasteiger partial charge is 0.241 e. The van der Waals surface area contributed by atoms with Gasteiger partial charge in [-0.05, 0) is 14.1 Å². The lowest BCUT2D eigenvalue weighted by Crippen LogP contribution is -2.10. The molecule has 0 aliphatic rings. The molecule has 5 heteroatoms. The van der Waals surface area contributed by atoms with Crippen molar-refractivity contribution in [2.75, 3.05) is 14.1 Å². The Balaban J connectivity index is 2.65. The molecule has 60 valence electrons. The third-order valence-corrected chi connectivity index (χ3v) is 1.04. The predicted molar refractivity (Wildman–Crippen MR) is 37.1 cm³/mol. The van der Waals surface area contributed by atoms with Crippen molar-refractivity contribution in [2.24, 2.45) is 0 Å². The van der Waals surface area contributed by atoms with Gasteiger partial charge in [-0.2, -0.15) is 4.98 Å². The molecule has 0 spiro atoms. The molecular formula is C6H9N3O2. The van der Waals surface area contributed by atoms with Crippen molar-refractivity contribution in [3.63, 3.8) is 0 Å². The third-order valence-electron chi connectivity index (χ3n) is 1.04. The van der Waals surface area contributed by atoms with E-state index in [1.807, 2.05) is 19.0 Å². The number of aldehydes is 1. The first-order valence-corrected chi connectivity index (χ1v) is 3.15. The van der Waals surface area contributed by atoms with Crippen molar-refractivity contribution in [1.29, 1.82) is 0 Å². The van der Waals surface area contributed by atoms with Gasteiger partial charge in [0.15, 0.2) is 6.29 Å². The third kappa shape index (κ3) is 2.12. The molecule has 0 aliphatic carbocycles. The van der Waals surface area contributed by atoms with E-state index in [-0.39, 0.29) is 5.82 Å². The van der Waals surface area contributed by atoms with Gasteiger partial charge in [-0.3, -0.25) is 4.79 Å². The van der Waals surface area contributed by atoms with Gasteiger partial charge in [-0.1, -0.05) is 5.16 Å². The summed E-state index contributed by atoms with van der Waals surface area (Å²) < 4.78 is 4.73. The van der Waals surface area contributed by atoms with Crippen LogP contribution in [0.5, 0.6) is 0 Å². The van der Waals surface area contributed by atoms with Crippen LogP contribution in [0.25, 0.3) is 0 Å². The number of carbonyl (C=O) groups excluding carboxylic acids is 1. The Kier molecular flexibility index (Phi) is 2.32. The molecule has 0 radical (unpaired) electrons. The van der Waals surface area contributed by atoms with Gasteiger partial charge < -0.3 is 9.42 Å². The molecule has 0 saturated carbocycles. The van der Waals surface area contributed by atoms with Crippen LogP contribution in [0.15, 0.2) is 4.52 Å². The number of hydrogen-bond acceptors (Lipinski definition) is 5. The van der Waals surface area contributed by atoms with Gasteiger partial charge in [0.1, 0.15) is 0 Å². The van der Waals surface area contributed by atoms with E-state index in [0.717, 1.165) is 0 Å². The normalized spacial score (nSPS) is 10.5. The lowest BCUT2D eigenvalue weighted by atomic mass is 10.6. The molecule has 0 N–H and O–H groups in total. The van der Waals surface area contributed by atoms with Gasteiger partial charge in [0.25, 0.3) is 0 Å². The summed E-state index contributed by atoms with van der Waals surface area (Å²) >= 11 is 0. The summed E-state index contributed by atoms with van der Waals surface area (Å²) in [5.41, 5.74) is 0. The highest BCUT2D eigenvalue weighted by atomic mass is 16.5. The Morgan fingerprint density at radius 1 is 1.64 bits per heavy atom. The van der Waals surface area contributed by atoms with Crippen molar-refractivity contribution in [1.82, 2.24) is 15.0 Å². The molecule has 0 amide bonds. The van der Waals surface area contributed by atoms with Crippen LogP contribution in [-0.2, 0) is 6.54 Å². The second-order valence-electron chi connectivity index (χ2n) is 2.40. The summed E-state index contributed by atoms with van der Waals surface area (Å²) in [5.74, 6) is 0.555. The fraction of sp³-hybridized carbons (Fsp3) is 0.500. The quantitative estimate of drug-likeness (QED) is 0.572. The van der Waals surface area contributed by atoms with E-state index < -0.39 is 0 Å². The van der Waals surface area contributed by atoms with E-state index in [1.54, 1.807) is 0 Å². The summed E-state index contributed by atoms with van der Waals surface area (Å²) in [5, 5.41) is 3.41. The van der Waals surface area contributed by atoms with Gasteiger partial charge in [-0.15, -0.1) is 0 Å². The first-order chi connectivity index (χ1) is 5.22. The minimum Gasteiger partial charge on any atom is -0.337 e. The maximum Gasteiger partial charge on any atom is 0.241 e. The molecule has 0 aromatic carbocycles. The molecule has 1 aromatic rings. The lowest BCUT2D eigenvalue weighted by molar-refractivity contribution is 0.111. The van der Waals surface area contributed by atoms with E-state index in [9.17, 15) is 4.79 Å². The first-order valence-electron chi connectivity index (χ1n) is 3.15. The maximum atomic E-state index is 10.1. The molecule has 1 aromatic heterocycles. The summed E-state index contributed by atoms with van der Waals surface area (Å²) in [7, 11) is 3.76. The molecule has 0 bridgehead atoms. The Hall–Kier alpha value is -1.23. The minimum atomic E-state index is 0.0989. The number of rotatable bonds is 3. The van der Waals surface area contributed by atoms with E-state index in [2.05, 4.69) is 10.1 Å². The number of hydrogen-bond donors (Lipinski definition) is 0. The van der Waals surface area contributed by atoms with E-state index in [4.69, 9.17) is 4.52 Å². The number of carbonyl (C=O) groups is 1. The van der Waals surface area contributed by atoms with Crippen molar-refractivity contribution >= 4 is 6.29 Å². The van der Waals surface area contributed by atoms with Gasteiger partial charge in [0, 0.05) is 0 Å². The molecule has 0 atom stereocenters. The van der Waals surface area contributed by atoms with Gasteiger partial charge in [0.2, 0.25) is 11.7 Å². The first kappa shape index (κ1) is 7.87. The van der Waals surface area contributed by atoms with Crippen LogP contribution in [0.4, 0.5) is 0 Å². The van der Waals surface area contributed by atoms with Crippen LogP contribution in [0.1, 0.15) is 16.5 Å². The Morgan fingerprint density at radius 2 is 2.36 bits per heavy atom. The minimum absolute atomic E-state index is 0.0989. The van der Waals surface area contributed by atoms with Crippen molar-refractivity contribution in [3.05, 3.63) is 11.7 Å². The average molecular weight is 155 g/mol. The molecule has 0 saturated heterocycles. The summed E-state index contributed by atoms with van der Waals surface area (Å²) in [6.45, 7) is 0.556. The average Bonchev–Trinajstić information content (AvgIpc) is 2.34. The Bertz CT molecular complexity index is 244. The summed E-state index contributed by atoms with van der Waals surface area (Å²) in [6, 6.07) is 0. The molecule has 1 rings (SSSR count). The lowest BCUT2D eigenvalue weighted by Gasteiger charge is -2.02. The van der Waals surface area contributed by atoms with Crippen LogP contribution in [0.3, 0.4) is 0 Å². The molecule has 0 fully saturated rings. The van der Waals surface area contributed by atoms with Crippen LogP contribution < -0.4 is 0 Å². The van der Waals surface area contributed by atoms with Crippen LogP contribution in [-0.4, -0.2) is 35.4 Å². The second-order valence-corrected chi connectivity index (χ2v) is 2.40. The fourth-order valence-corrected chi connectivity index (χ4v) is 0.651. The van der Waals surface area contributed by atoms with Gasteiger partial charge in [-0.25, -0.2) is 0 Å². The van der Waals surface area contributed by atoms with Crippen molar-refractivity contribution in [3.8, 4) is 0 Å². The summed E-state index contributed by atoms with van der Waals surface area (Å²) in [6.07, 6.45) is 0.558. The summed E-state index contributed by atoms with van der Waals surface area (Å²) in [4.78, 5) is 15.8. The zero-order valence-electron chi connectivity index (χ0n) is 6.44. The predicted octanol–water partition coefficient (Wildman–Crippen LogP) is -0.0563. The van der Waals surface area contributed by atoms with Crippen molar-refractivity contribution in [2.45, 2.75) is 6.54 Å². The van der Waals surface area contributed by atoms with Gasteiger partial charge in [0.05, 0.1) is 6.54 Å². The van der Waals surface area contributed by atoms with Crippen LogP contribution >= 0.6 is 0 Å². The fourth-order valence-electron chi connectivity index (χ4n) is 0.651. The van der Waals surface area contributed by atoms with Crippen molar-refractivity contribution < 1.29 is 9.32 Å². The highest BCUT2D eigenvalue weighted by Crippen LogP contribution is 1.96. The monoisotopic (exact) mass is 155 g/mol. The maximum absolute atomic E-state index is 10.1. The largest absolute Gasteiger partial charge is 0.337 e. The number of aromatic nitrogens is 2. The zero-order valence-corrected chi connectivity index (χ0v) is 6.44. The molecule has 1 heterocycles. The zero-order chi connectivity index (χ0) is 8.27. The van der Waals surface area contributed by atoms with Crippen LogP contribution in [0.2, 0.25) is 0 Å². The van der Waals surface area contributed by atoms with E-state index >= 15 is 0 Å². The molecule has 11 heavy (non-hydrogen) atoms. The molecular weight excluding hydrogens is 146 g/mol. The van der Waals surface area contributed by atoms with Crippen LogP contribution in [0, 0.1) is 0 Å². The molecule has 5 nitrogen and oxygen atoms in total. The van der Waals surface area contributed by atoms with E-state index in [0.29, 0.717) is 18.7 Å². The second kappa shape index (κ2) is 3.25. The van der Waals surface area contributed by atoms with Gasteiger partial charge >= 0.3 is 0 Å².